The van der Waals surface area contributed by atoms with E-state index in [-0.39, 0.29) is 17.1 Å². The second-order valence-corrected chi connectivity index (χ2v) is 8.48. The van der Waals surface area contributed by atoms with Gasteiger partial charge in [-0.1, -0.05) is 43.3 Å². The molecule has 0 spiro atoms. The first-order valence-corrected chi connectivity index (χ1v) is 11.3. The monoisotopic (exact) mass is 459 g/mol. The Kier molecular flexibility index (Phi) is 8.43. The molecule has 33 heavy (non-hydrogen) atoms. The van der Waals surface area contributed by atoms with Crippen LogP contribution in [0.2, 0.25) is 0 Å². The third-order valence-corrected chi connectivity index (χ3v) is 6.06. The molecule has 0 heterocycles. The number of hydrogen-bond donors (Lipinski definition) is 3. The molecular weight excluding hydrogens is 434 g/mol. The molecule has 3 aromatic rings. The van der Waals surface area contributed by atoms with Crippen LogP contribution in [0, 0.1) is 0 Å². The summed E-state index contributed by atoms with van der Waals surface area (Å²) in [5, 5.41) is 5.39. The number of anilines is 2. The van der Waals surface area contributed by atoms with Crippen LogP contribution in [0.15, 0.2) is 89.8 Å². The van der Waals surface area contributed by atoms with Gasteiger partial charge in [-0.3, -0.25) is 14.4 Å². The second kappa shape index (κ2) is 11.7. The lowest BCUT2D eigenvalue weighted by Crippen LogP contribution is -2.24. The van der Waals surface area contributed by atoms with Crippen molar-refractivity contribution in [1.29, 1.82) is 0 Å². The minimum absolute atomic E-state index is 0.144. The van der Waals surface area contributed by atoms with Gasteiger partial charge in [-0.25, -0.2) is 0 Å². The van der Waals surface area contributed by atoms with Gasteiger partial charge in [0.1, 0.15) is 0 Å². The van der Waals surface area contributed by atoms with E-state index in [9.17, 15) is 14.4 Å². The van der Waals surface area contributed by atoms with Gasteiger partial charge < -0.3 is 16.4 Å². The molecule has 0 aliphatic heterocycles. The van der Waals surface area contributed by atoms with Gasteiger partial charge in [0.05, 0.1) is 5.25 Å². The first-order valence-electron chi connectivity index (χ1n) is 10.5. The molecule has 4 N–H and O–H groups in total. The maximum atomic E-state index is 12.7. The molecule has 168 valence electrons. The number of nitrogens with two attached hydrogens (primary N) is 1. The summed E-state index contributed by atoms with van der Waals surface area (Å²) < 4.78 is 0. The molecule has 3 rings (SSSR count). The lowest BCUT2D eigenvalue weighted by molar-refractivity contribution is -0.115. The fraction of sp³-hybridized carbons (Fsp3) is 0.115. The summed E-state index contributed by atoms with van der Waals surface area (Å²) >= 11 is 1.42. The van der Waals surface area contributed by atoms with E-state index >= 15 is 0 Å². The molecule has 0 saturated heterocycles. The average molecular weight is 460 g/mol. The van der Waals surface area contributed by atoms with E-state index in [0.29, 0.717) is 23.4 Å². The van der Waals surface area contributed by atoms with Crippen LogP contribution in [0.3, 0.4) is 0 Å². The van der Waals surface area contributed by atoms with Gasteiger partial charge in [-0.05, 0) is 60.5 Å². The summed E-state index contributed by atoms with van der Waals surface area (Å²) in [7, 11) is 0. The Morgan fingerprint density at radius 1 is 0.909 bits per heavy atom. The molecule has 0 aliphatic carbocycles. The molecule has 0 bridgehead atoms. The van der Waals surface area contributed by atoms with E-state index < -0.39 is 5.91 Å². The van der Waals surface area contributed by atoms with Crippen LogP contribution in [-0.2, 0) is 9.59 Å². The van der Waals surface area contributed by atoms with Gasteiger partial charge in [-0.15, -0.1) is 11.8 Å². The topological polar surface area (TPSA) is 101 Å². The number of primary amides is 1. The number of benzene rings is 3. The number of thioether (sulfide) groups is 1. The summed E-state index contributed by atoms with van der Waals surface area (Å²) in [6, 6.07) is 23.4. The zero-order valence-electron chi connectivity index (χ0n) is 18.2. The molecule has 0 fully saturated rings. The molecule has 0 saturated carbocycles. The molecule has 1 unspecified atom stereocenters. The smallest absolute Gasteiger partial charge is 0.248 e. The zero-order chi connectivity index (χ0) is 23.6. The maximum absolute atomic E-state index is 12.7. The SMILES string of the molecule is CCC(Sc1cccc(NC(=O)/C=C/c2ccccc2)c1)C(=O)Nc1ccc(C(N)=O)cc1. The van der Waals surface area contributed by atoms with Crippen LogP contribution in [0.25, 0.3) is 6.08 Å². The predicted molar refractivity (Wildman–Crippen MR) is 134 cm³/mol. The fourth-order valence-electron chi connectivity index (χ4n) is 2.99. The fourth-order valence-corrected chi connectivity index (χ4v) is 4.01. The summed E-state index contributed by atoms with van der Waals surface area (Å²) in [4.78, 5) is 37.1. The largest absolute Gasteiger partial charge is 0.366 e. The minimum Gasteiger partial charge on any atom is -0.366 e. The first kappa shape index (κ1) is 23.8. The Morgan fingerprint density at radius 3 is 2.30 bits per heavy atom. The van der Waals surface area contributed by atoms with Crippen molar-refractivity contribution in [3.63, 3.8) is 0 Å². The summed E-state index contributed by atoms with van der Waals surface area (Å²) in [6.45, 7) is 1.94. The standard InChI is InChI=1S/C26H25N3O3S/c1-2-23(26(32)29-20-14-12-19(13-15-20)25(27)31)33-22-10-6-9-21(17-22)28-24(30)16-11-18-7-4-3-5-8-18/h3-17,23H,2H2,1H3,(H2,27,31)(H,28,30)(H,29,32)/b16-11+. The van der Waals surface area contributed by atoms with Gasteiger partial charge >= 0.3 is 0 Å². The normalized spacial score (nSPS) is 11.7. The van der Waals surface area contributed by atoms with Crippen LogP contribution < -0.4 is 16.4 Å². The van der Waals surface area contributed by atoms with E-state index in [1.165, 1.54) is 17.8 Å². The lowest BCUT2D eigenvalue weighted by atomic mass is 10.2. The Morgan fingerprint density at radius 2 is 1.64 bits per heavy atom. The Hall–Kier alpha value is -3.84. The van der Waals surface area contributed by atoms with E-state index in [4.69, 9.17) is 5.73 Å². The van der Waals surface area contributed by atoms with Gasteiger partial charge in [0, 0.05) is 27.9 Å². The molecule has 0 aromatic heterocycles. The van der Waals surface area contributed by atoms with Crippen LogP contribution >= 0.6 is 11.8 Å². The van der Waals surface area contributed by atoms with Crippen LogP contribution in [0.1, 0.15) is 29.3 Å². The number of hydrogen-bond acceptors (Lipinski definition) is 4. The Labute approximate surface area is 197 Å². The maximum Gasteiger partial charge on any atom is 0.248 e. The van der Waals surface area contributed by atoms with Crippen LogP contribution in [0.4, 0.5) is 11.4 Å². The Bertz CT molecular complexity index is 1140. The summed E-state index contributed by atoms with van der Waals surface area (Å²) in [6.07, 6.45) is 3.86. The third-order valence-electron chi connectivity index (χ3n) is 4.71. The number of amides is 3. The molecule has 3 amide bonds. The highest BCUT2D eigenvalue weighted by molar-refractivity contribution is 8.00. The molecule has 6 nitrogen and oxygen atoms in total. The summed E-state index contributed by atoms with van der Waals surface area (Å²) in [5.41, 5.74) is 7.82. The van der Waals surface area contributed by atoms with Crippen molar-refractivity contribution < 1.29 is 14.4 Å². The minimum atomic E-state index is -0.516. The average Bonchev–Trinajstić information content (AvgIpc) is 2.82. The Balaban J connectivity index is 1.60. The van der Waals surface area contributed by atoms with Crippen molar-refractivity contribution >= 4 is 46.9 Å². The van der Waals surface area contributed by atoms with E-state index in [1.54, 1.807) is 36.4 Å². The van der Waals surface area contributed by atoms with Crippen LogP contribution in [-0.4, -0.2) is 23.0 Å². The molecule has 7 heteroatoms. The highest BCUT2D eigenvalue weighted by Crippen LogP contribution is 2.28. The highest BCUT2D eigenvalue weighted by atomic mass is 32.2. The second-order valence-electron chi connectivity index (χ2n) is 7.21. The number of nitrogens with one attached hydrogen (secondary N) is 2. The van der Waals surface area contributed by atoms with Crippen molar-refractivity contribution in [3.05, 3.63) is 96.1 Å². The van der Waals surface area contributed by atoms with Gasteiger partial charge in [-0.2, -0.15) is 0 Å². The predicted octanol–water partition coefficient (Wildman–Crippen LogP) is 4.95. The molecule has 0 radical (unpaired) electrons. The quantitative estimate of drug-likeness (QED) is 0.311. The number of carbonyl (C=O) groups excluding carboxylic acids is 3. The van der Waals surface area contributed by atoms with E-state index in [1.807, 2.05) is 55.5 Å². The van der Waals surface area contributed by atoms with E-state index in [0.717, 1.165) is 10.5 Å². The zero-order valence-corrected chi connectivity index (χ0v) is 19.0. The number of rotatable bonds is 9. The van der Waals surface area contributed by atoms with Gasteiger partial charge in [0.2, 0.25) is 17.7 Å². The number of carbonyl (C=O) groups is 3. The molecular formula is C26H25N3O3S. The van der Waals surface area contributed by atoms with Crippen LogP contribution in [0.5, 0.6) is 0 Å². The van der Waals surface area contributed by atoms with Crippen molar-refractivity contribution in [2.75, 3.05) is 10.6 Å². The summed E-state index contributed by atoms with van der Waals surface area (Å²) in [5.74, 6) is -0.892. The molecule has 3 aromatic carbocycles. The van der Waals surface area contributed by atoms with Crippen molar-refractivity contribution in [1.82, 2.24) is 0 Å². The highest BCUT2D eigenvalue weighted by Gasteiger charge is 2.18. The lowest BCUT2D eigenvalue weighted by Gasteiger charge is -2.15. The van der Waals surface area contributed by atoms with Crippen molar-refractivity contribution in [2.24, 2.45) is 5.73 Å². The first-order chi connectivity index (χ1) is 15.9. The van der Waals surface area contributed by atoms with E-state index in [2.05, 4.69) is 10.6 Å². The van der Waals surface area contributed by atoms with Gasteiger partial charge in [0.15, 0.2) is 0 Å². The van der Waals surface area contributed by atoms with Crippen molar-refractivity contribution in [2.45, 2.75) is 23.5 Å². The third kappa shape index (κ3) is 7.36. The molecule has 0 aliphatic rings. The molecule has 1 atom stereocenters. The van der Waals surface area contributed by atoms with Gasteiger partial charge in [0.25, 0.3) is 0 Å². The van der Waals surface area contributed by atoms with Crippen molar-refractivity contribution in [3.8, 4) is 0 Å².